The SMILES string of the molecule is SSC(CC1SCS1)SS. The zero-order valence-corrected chi connectivity index (χ0v) is 10.2. The van der Waals surface area contributed by atoms with Crippen LogP contribution in [0.15, 0.2) is 0 Å². The van der Waals surface area contributed by atoms with E-state index < -0.39 is 0 Å². The minimum Gasteiger partial charge on any atom is -0.137 e. The van der Waals surface area contributed by atoms with Crippen molar-refractivity contribution in [3.63, 3.8) is 0 Å². The average molecular weight is 249 g/mol. The Morgan fingerprint density at radius 2 is 2.00 bits per heavy atom. The number of rotatable bonds is 4. The van der Waals surface area contributed by atoms with E-state index in [-0.39, 0.29) is 0 Å². The van der Waals surface area contributed by atoms with Gasteiger partial charge in [-0.2, -0.15) is 0 Å². The number of thiol groups is 2. The molecule has 1 aliphatic rings. The van der Waals surface area contributed by atoms with E-state index >= 15 is 0 Å². The van der Waals surface area contributed by atoms with Crippen molar-refractivity contribution in [3.05, 3.63) is 0 Å². The molecule has 60 valence electrons. The molecule has 0 nitrogen and oxygen atoms in total. The topological polar surface area (TPSA) is 0 Å². The fourth-order valence-electron chi connectivity index (χ4n) is 0.563. The quantitative estimate of drug-likeness (QED) is 0.443. The van der Waals surface area contributed by atoms with E-state index in [9.17, 15) is 0 Å². The fourth-order valence-corrected chi connectivity index (χ4v) is 5.63. The molecule has 0 spiro atoms. The lowest BCUT2D eigenvalue weighted by Gasteiger charge is -2.26. The summed E-state index contributed by atoms with van der Waals surface area (Å²) in [4.78, 5) is 0. The van der Waals surface area contributed by atoms with E-state index in [1.807, 2.05) is 23.5 Å². The van der Waals surface area contributed by atoms with Gasteiger partial charge in [0.2, 0.25) is 0 Å². The molecule has 0 radical (unpaired) electrons. The van der Waals surface area contributed by atoms with Crippen molar-refractivity contribution < 1.29 is 0 Å². The second-order valence-corrected chi connectivity index (χ2v) is 7.93. The Bertz CT molecular complexity index is 87.7. The summed E-state index contributed by atoms with van der Waals surface area (Å²) < 4.78 is 1.36. The lowest BCUT2D eigenvalue weighted by atomic mass is 10.5. The van der Waals surface area contributed by atoms with Crippen LogP contribution in [0.5, 0.6) is 0 Å². The van der Waals surface area contributed by atoms with E-state index in [4.69, 9.17) is 0 Å². The van der Waals surface area contributed by atoms with Crippen LogP contribution in [0, 0.1) is 0 Å². The molecular weight excluding hydrogens is 240 g/mol. The van der Waals surface area contributed by atoms with Crippen molar-refractivity contribution >= 4 is 68.4 Å². The standard InChI is InChI=1S/C4H8S6/c5-9-4(10-6)1-3-7-2-8-3/h3-6H,1-2H2. The fraction of sp³-hybridized carbons (Fsp3) is 1.00. The first kappa shape index (κ1) is 10.2. The highest BCUT2D eigenvalue weighted by molar-refractivity contribution is 8.78. The maximum atomic E-state index is 4.16. The van der Waals surface area contributed by atoms with Gasteiger partial charge in [-0.25, -0.2) is 0 Å². The molecule has 1 aliphatic heterocycles. The van der Waals surface area contributed by atoms with Crippen LogP contribution < -0.4 is 0 Å². The van der Waals surface area contributed by atoms with Crippen LogP contribution in [0.4, 0.5) is 0 Å². The van der Waals surface area contributed by atoms with Gasteiger partial charge in [0.05, 0.1) is 9.16 Å². The van der Waals surface area contributed by atoms with Gasteiger partial charge in [-0.1, -0.05) is 21.6 Å². The molecule has 6 heteroatoms. The molecule has 0 aliphatic carbocycles. The Morgan fingerprint density at radius 1 is 1.40 bits per heavy atom. The van der Waals surface area contributed by atoms with Crippen LogP contribution in [0.1, 0.15) is 6.42 Å². The van der Waals surface area contributed by atoms with Crippen molar-refractivity contribution in [2.75, 3.05) is 5.08 Å². The van der Waals surface area contributed by atoms with Gasteiger partial charge in [0, 0.05) is 5.08 Å². The zero-order chi connectivity index (χ0) is 7.40. The summed E-state index contributed by atoms with van der Waals surface area (Å²) in [7, 11) is 3.20. The molecule has 1 saturated heterocycles. The summed E-state index contributed by atoms with van der Waals surface area (Å²) in [5, 5.41) is 1.27. The van der Waals surface area contributed by atoms with E-state index in [0.29, 0.717) is 4.58 Å². The van der Waals surface area contributed by atoms with E-state index in [1.54, 1.807) is 21.6 Å². The number of thioether (sulfide) groups is 2. The van der Waals surface area contributed by atoms with E-state index in [2.05, 4.69) is 23.3 Å². The average Bonchev–Trinajstić information content (AvgIpc) is 1.87. The minimum absolute atomic E-state index is 0.553. The zero-order valence-electron chi connectivity index (χ0n) is 5.10. The number of hydrogen-bond acceptors (Lipinski definition) is 6. The van der Waals surface area contributed by atoms with Crippen molar-refractivity contribution in [1.29, 1.82) is 0 Å². The van der Waals surface area contributed by atoms with Crippen molar-refractivity contribution in [2.45, 2.75) is 15.6 Å². The summed E-state index contributed by atoms with van der Waals surface area (Å²) in [5.74, 6) is 0. The van der Waals surface area contributed by atoms with Gasteiger partial charge < -0.3 is 0 Å². The molecule has 1 rings (SSSR count). The predicted octanol–water partition coefficient (Wildman–Crippen LogP) is 3.62. The lowest BCUT2D eigenvalue weighted by molar-refractivity contribution is 1.03. The first-order valence-electron chi connectivity index (χ1n) is 2.70. The molecule has 1 heterocycles. The van der Waals surface area contributed by atoms with Crippen LogP contribution >= 0.6 is 68.4 Å². The molecule has 0 atom stereocenters. The Kier molecular flexibility index (Phi) is 5.80. The molecule has 0 aromatic heterocycles. The van der Waals surface area contributed by atoms with Crippen LogP contribution in [-0.2, 0) is 0 Å². The molecule has 10 heavy (non-hydrogen) atoms. The van der Waals surface area contributed by atoms with E-state index in [0.717, 1.165) is 4.58 Å². The summed E-state index contributed by atoms with van der Waals surface area (Å²) >= 11 is 12.4. The van der Waals surface area contributed by atoms with Gasteiger partial charge in [0.15, 0.2) is 0 Å². The van der Waals surface area contributed by atoms with Crippen LogP contribution in [0.3, 0.4) is 0 Å². The van der Waals surface area contributed by atoms with Gasteiger partial charge in [0.1, 0.15) is 0 Å². The second kappa shape index (κ2) is 5.70. The van der Waals surface area contributed by atoms with Crippen molar-refractivity contribution in [3.8, 4) is 0 Å². The highest BCUT2D eigenvalue weighted by atomic mass is 33.1. The molecule has 0 N–H and O–H groups in total. The Morgan fingerprint density at radius 3 is 2.30 bits per heavy atom. The smallest absolute Gasteiger partial charge is 0.0723 e. The van der Waals surface area contributed by atoms with E-state index in [1.165, 1.54) is 11.5 Å². The Labute approximate surface area is 88.4 Å². The third-order valence-corrected chi connectivity index (χ3v) is 7.98. The van der Waals surface area contributed by atoms with Gasteiger partial charge in [-0.15, -0.1) is 46.8 Å². The molecule has 0 bridgehead atoms. The number of hydrogen-bond donors (Lipinski definition) is 2. The van der Waals surface area contributed by atoms with Crippen LogP contribution in [-0.4, -0.2) is 14.2 Å². The Balaban J connectivity index is 2.08. The molecule has 1 fully saturated rings. The predicted molar refractivity (Wildman–Crippen MR) is 65.4 cm³/mol. The highest BCUT2D eigenvalue weighted by Gasteiger charge is 2.22. The second-order valence-electron chi connectivity index (χ2n) is 1.76. The first-order chi connectivity index (χ1) is 4.86. The molecule has 0 aromatic rings. The summed E-state index contributed by atoms with van der Waals surface area (Å²) in [6.07, 6.45) is 1.22. The first-order valence-corrected chi connectivity index (χ1v) is 8.66. The Hall–Kier alpha value is 2.10. The summed E-state index contributed by atoms with van der Waals surface area (Å²) in [6, 6.07) is 0. The van der Waals surface area contributed by atoms with Crippen LogP contribution in [0.25, 0.3) is 0 Å². The third-order valence-electron chi connectivity index (χ3n) is 1.13. The minimum atomic E-state index is 0.553. The van der Waals surface area contributed by atoms with Gasteiger partial charge in [-0.05, 0) is 6.42 Å². The van der Waals surface area contributed by atoms with Crippen molar-refractivity contribution in [2.24, 2.45) is 0 Å². The highest BCUT2D eigenvalue weighted by Crippen LogP contribution is 2.45. The molecular formula is C4H8S6. The van der Waals surface area contributed by atoms with Crippen LogP contribution in [0.2, 0.25) is 0 Å². The molecule has 0 unspecified atom stereocenters. The van der Waals surface area contributed by atoms with Crippen molar-refractivity contribution in [1.82, 2.24) is 0 Å². The molecule has 0 amide bonds. The maximum absolute atomic E-state index is 4.16. The molecule has 0 aromatic carbocycles. The summed E-state index contributed by atoms with van der Waals surface area (Å²) in [5.41, 5.74) is 0. The van der Waals surface area contributed by atoms with Gasteiger partial charge in [0.25, 0.3) is 0 Å². The molecule has 0 saturated carbocycles. The van der Waals surface area contributed by atoms with Gasteiger partial charge in [-0.3, -0.25) is 0 Å². The van der Waals surface area contributed by atoms with Gasteiger partial charge >= 0.3 is 0 Å². The maximum Gasteiger partial charge on any atom is 0.0723 e. The summed E-state index contributed by atoms with van der Waals surface area (Å²) in [6.45, 7) is 0. The largest absolute Gasteiger partial charge is 0.137 e. The third kappa shape index (κ3) is 3.23. The normalized spacial score (nSPS) is 19.5. The monoisotopic (exact) mass is 248 g/mol. The lowest BCUT2D eigenvalue weighted by Crippen LogP contribution is -2.12.